The summed E-state index contributed by atoms with van der Waals surface area (Å²) in [6, 6.07) is 5.18. The number of hydrogen-bond donors (Lipinski definition) is 2. The predicted molar refractivity (Wildman–Crippen MR) is 74.8 cm³/mol. The molecule has 100 valence electrons. The maximum Gasteiger partial charge on any atom is 0.227 e. The lowest BCUT2D eigenvalue weighted by molar-refractivity contribution is -0.120. The standard InChI is InChI=1S/C15H23NO2/c1-4-6-8-12(5-2)15(18)16-13-9-7-10-14(17)11(13)3/h7,9-10,12,17H,4-6,8H2,1-3H3,(H,16,18). The van der Waals surface area contributed by atoms with Crippen LogP contribution in [0.5, 0.6) is 5.75 Å². The van der Waals surface area contributed by atoms with Crippen molar-refractivity contribution in [1.82, 2.24) is 0 Å². The van der Waals surface area contributed by atoms with E-state index < -0.39 is 0 Å². The maximum absolute atomic E-state index is 12.1. The molecule has 0 aliphatic heterocycles. The number of phenolic OH excluding ortho intramolecular Hbond substituents is 1. The Kier molecular flexibility index (Phi) is 5.69. The van der Waals surface area contributed by atoms with Crippen molar-refractivity contribution < 1.29 is 9.90 Å². The minimum Gasteiger partial charge on any atom is -0.508 e. The number of amides is 1. The van der Waals surface area contributed by atoms with Gasteiger partial charge in [0, 0.05) is 17.2 Å². The molecule has 1 aromatic carbocycles. The molecule has 0 radical (unpaired) electrons. The minimum atomic E-state index is 0.0552. The van der Waals surface area contributed by atoms with Gasteiger partial charge in [-0.3, -0.25) is 4.79 Å². The number of hydrogen-bond acceptors (Lipinski definition) is 2. The van der Waals surface area contributed by atoms with Gasteiger partial charge in [0.1, 0.15) is 5.75 Å². The van der Waals surface area contributed by atoms with Crippen LogP contribution < -0.4 is 5.32 Å². The molecule has 0 bridgehead atoms. The molecular weight excluding hydrogens is 226 g/mol. The van der Waals surface area contributed by atoms with Gasteiger partial charge in [-0.15, -0.1) is 0 Å². The second-order valence-corrected chi connectivity index (χ2v) is 4.69. The van der Waals surface area contributed by atoms with Crippen LogP contribution in [0.25, 0.3) is 0 Å². The first kappa shape index (κ1) is 14.6. The summed E-state index contributed by atoms with van der Waals surface area (Å²) in [5.41, 5.74) is 1.42. The number of aromatic hydroxyl groups is 1. The summed E-state index contributed by atoms with van der Waals surface area (Å²) in [6.45, 7) is 5.97. The summed E-state index contributed by atoms with van der Waals surface area (Å²) in [6.07, 6.45) is 3.96. The van der Waals surface area contributed by atoms with E-state index in [0.29, 0.717) is 5.69 Å². The van der Waals surface area contributed by atoms with Crippen LogP contribution in [-0.4, -0.2) is 11.0 Å². The third-order valence-corrected chi connectivity index (χ3v) is 3.33. The first-order valence-corrected chi connectivity index (χ1v) is 6.69. The number of phenols is 1. The van der Waals surface area contributed by atoms with Crippen molar-refractivity contribution in [2.24, 2.45) is 5.92 Å². The second-order valence-electron chi connectivity index (χ2n) is 4.69. The molecule has 3 heteroatoms. The number of rotatable bonds is 6. The third-order valence-electron chi connectivity index (χ3n) is 3.33. The van der Waals surface area contributed by atoms with Crippen LogP contribution in [0.15, 0.2) is 18.2 Å². The van der Waals surface area contributed by atoms with Crippen molar-refractivity contribution in [2.45, 2.75) is 46.5 Å². The smallest absolute Gasteiger partial charge is 0.227 e. The van der Waals surface area contributed by atoms with E-state index in [2.05, 4.69) is 12.2 Å². The molecular formula is C15H23NO2. The average Bonchev–Trinajstić information content (AvgIpc) is 2.36. The van der Waals surface area contributed by atoms with Crippen molar-refractivity contribution in [3.63, 3.8) is 0 Å². The van der Waals surface area contributed by atoms with Gasteiger partial charge in [0.25, 0.3) is 0 Å². The predicted octanol–water partition coefficient (Wildman–Crippen LogP) is 3.86. The molecule has 0 fully saturated rings. The summed E-state index contributed by atoms with van der Waals surface area (Å²) in [5.74, 6) is 0.334. The van der Waals surface area contributed by atoms with Gasteiger partial charge in [-0.25, -0.2) is 0 Å². The van der Waals surface area contributed by atoms with Crippen molar-refractivity contribution in [1.29, 1.82) is 0 Å². The molecule has 2 N–H and O–H groups in total. The van der Waals surface area contributed by atoms with Crippen LogP contribution in [-0.2, 0) is 4.79 Å². The number of carbonyl (C=O) groups is 1. The lowest BCUT2D eigenvalue weighted by Gasteiger charge is -2.16. The molecule has 1 amide bonds. The molecule has 0 aliphatic carbocycles. The van der Waals surface area contributed by atoms with Gasteiger partial charge in [0.2, 0.25) is 5.91 Å². The zero-order valence-corrected chi connectivity index (χ0v) is 11.5. The van der Waals surface area contributed by atoms with E-state index in [-0.39, 0.29) is 17.6 Å². The molecule has 0 spiro atoms. The molecule has 1 aromatic rings. The first-order valence-electron chi connectivity index (χ1n) is 6.69. The quantitative estimate of drug-likeness (QED) is 0.804. The van der Waals surface area contributed by atoms with E-state index >= 15 is 0 Å². The lowest BCUT2D eigenvalue weighted by Crippen LogP contribution is -2.22. The Balaban J connectivity index is 2.70. The van der Waals surface area contributed by atoms with E-state index in [1.165, 1.54) is 0 Å². The van der Waals surface area contributed by atoms with Gasteiger partial charge < -0.3 is 10.4 Å². The lowest BCUT2D eigenvalue weighted by atomic mass is 9.98. The number of nitrogens with one attached hydrogen (secondary N) is 1. The van der Waals surface area contributed by atoms with Crippen LogP contribution in [0.2, 0.25) is 0 Å². The molecule has 1 atom stereocenters. The first-order chi connectivity index (χ1) is 8.60. The van der Waals surface area contributed by atoms with Crippen LogP contribution in [0, 0.1) is 12.8 Å². The van der Waals surface area contributed by atoms with Crippen molar-refractivity contribution >= 4 is 11.6 Å². The zero-order chi connectivity index (χ0) is 13.5. The Hall–Kier alpha value is -1.51. The fraction of sp³-hybridized carbons (Fsp3) is 0.533. The van der Waals surface area contributed by atoms with Gasteiger partial charge in [0.05, 0.1) is 0 Å². The normalized spacial score (nSPS) is 12.2. The van der Waals surface area contributed by atoms with Crippen LogP contribution in [0.3, 0.4) is 0 Å². The van der Waals surface area contributed by atoms with E-state index in [4.69, 9.17) is 0 Å². The van der Waals surface area contributed by atoms with E-state index in [1.54, 1.807) is 19.1 Å². The molecule has 0 heterocycles. The Morgan fingerprint density at radius 2 is 2.11 bits per heavy atom. The van der Waals surface area contributed by atoms with E-state index in [1.807, 2.05) is 13.0 Å². The highest BCUT2D eigenvalue weighted by molar-refractivity contribution is 5.93. The van der Waals surface area contributed by atoms with Crippen molar-refractivity contribution in [3.8, 4) is 5.75 Å². The minimum absolute atomic E-state index is 0.0552. The fourth-order valence-corrected chi connectivity index (χ4v) is 1.96. The summed E-state index contributed by atoms with van der Waals surface area (Å²) < 4.78 is 0. The fourth-order valence-electron chi connectivity index (χ4n) is 1.96. The Labute approximate surface area is 109 Å². The molecule has 0 saturated carbocycles. The Morgan fingerprint density at radius 1 is 1.39 bits per heavy atom. The molecule has 0 aliphatic rings. The third kappa shape index (κ3) is 3.76. The second kappa shape index (κ2) is 7.04. The molecule has 0 saturated heterocycles. The molecule has 1 unspecified atom stereocenters. The monoisotopic (exact) mass is 249 g/mol. The average molecular weight is 249 g/mol. The number of anilines is 1. The van der Waals surface area contributed by atoms with Gasteiger partial charge in [-0.1, -0.05) is 32.8 Å². The van der Waals surface area contributed by atoms with Crippen LogP contribution in [0.4, 0.5) is 5.69 Å². The molecule has 18 heavy (non-hydrogen) atoms. The van der Waals surface area contributed by atoms with Crippen molar-refractivity contribution in [3.05, 3.63) is 23.8 Å². The van der Waals surface area contributed by atoms with Gasteiger partial charge in [-0.05, 0) is 31.9 Å². The van der Waals surface area contributed by atoms with Gasteiger partial charge in [-0.2, -0.15) is 0 Å². The molecule has 0 aromatic heterocycles. The summed E-state index contributed by atoms with van der Waals surface area (Å²) in [5, 5.41) is 12.5. The highest BCUT2D eigenvalue weighted by atomic mass is 16.3. The molecule has 3 nitrogen and oxygen atoms in total. The largest absolute Gasteiger partial charge is 0.508 e. The summed E-state index contributed by atoms with van der Waals surface area (Å²) >= 11 is 0. The maximum atomic E-state index is 12.1. The highest BCUT2D eigenvalue weighted by Crippen LogP contribution is 2.25. The number of benzene rings is 1. The van der Waals surface area contributed by atoms with E-state index in [9.17, 15) is 9.90 Å². The number of carbonyl (C=O) groups excluding carboxylic acids is 1. The summed E-state index contributed by atoms with van der Waals surface area (Å²) in [4.78, 5) is 12.1. The zero-order valence-electron chi connectivity index (χ0n) is 11.5. The van der Waals surface area contributed by atoms with Crippen molar-refractivity contribution in [2.75, 3.05) is 5.32 Å². The summed E-state index contributed by atoms with van der Waals surface area (Å²) in [7, 11) is 0. The molecule has 1 rings (SSSR count). The van der Waals surface area contributed by atoms with Gasteiger partial charge in [0.15, 0.2) is 0 Å². The van der Waals surface area contributed by atoms with Crippen LogP contribution >= 0.6 is 0 Å². The van der Waals surface area contributed by atoms with Crippen LogP contribution in [0.1, 0.15) is 45.1 Å². The Bertz CT molecular complexity index is 401. The SMILES string of the molecule is CCCCC(CC)C(=O)Nc1cccc(O)c1C. The topological polar surface area (TPSA) is 49.3 Å². The number of unbranched alkanes of at least 4 members (excludes halogenated alkanes) is 1. The Morgan fingerprint density at radius 3 is 2.72 bits per heavy atom. The van der Waals surface area contributed by atoms with Gasteiger partial charge >= 0.3 is 0 Å². The van der Waals surface area contributed by atoms with E-state index in [0.717, 1.165) is 31.2 Å². The highest BCUT2D eigenvalue weighted by Gasteiger charge is 2.16.